The molecule has 3 heterocycles. The van der Waals surface area contributed by atoms with E-state index in [0.717, 1.165) is 28.2 Å². The number of hydrogen-bond acceptors (Lipinski definition) is 5. The van der Waals surface area contributed by atoms with Crippen LogP contribution in [-0.2, 0) is 0 Å². The van der Waals surface area contributed by atoms with Crippen molar-refractivity contribution in [2.24, 2.45) is 0 Å². The predicted octanol–water partition coefficient (Wildman–Crippen LogP) is 3.38. The number of nitrogens with zero attached hydrogens (tertiary/aromatic N) is 5. The van der Waals surface area contributed by atoms with Crippen molar-refractivity contribution in [1.82, 2.24) is 24.7 Å². The molecule has 0 aliphatic carbocycles. The van der Waals surface area contributed by atoms with Gasteiger partial charge in [-0.05, 0) is 31.2 Å². The molecule has 0 saturated heterocycles. The van der Waals surface area contributed by atoms with E-state index in [2.05, 4.69) is 32.3 Å². The van der Waals surface area contributed by atoms with Crippen molar-refractivity contribution in [3.05, 3.63) is 72.9 Å². The van der Waals surface area contributed by atoms with E-state index in [-0.39, 0.29) is 6.04 Å². The van der Waals surface area contributed by atoms with Gasteiger partial charge >= 0.3 is 0 Å². The van der Waals surface area contributed by atoms with Crippen LogP contribution in [0, 0.1) is 0 Å². The number of aromatic nitrogens is 5. The highest BCUT2D eigenvalue weighted by molar-refractivity contribution is 5.87. The summed E-state index contributed by atoms with van der Waals surface area (Å²) in [6, 6.07) is 15.8. The van der Waals surface area contributed by atoms with E-state index in [4.69, 9.17) is 0 Å². The van der Waals surface area contributed by atoms with Crippen LogP contribution in [0.1, 0.15) is 18.7 Å². The first kappa shape index (κ1) is 14.3. The Balaban J connectivity index is 1.71. The standard InChI is InChI=1S/C18H16N6/c1-13(16-9-5-6-10-19-16)23-17-15-11-22-24(18(15)21-12-20-17)14-7-3-2-4-8-14/h2-13H,1H3,(H,20,21,23)/t13-/m0/s1. The fourth-order valence-electron chi connectivity index (χ4n) is 2.63. The molecular formula is C18H16N6. The Morgan fingerprint density at radius 1 is 0.958 bits per heavy atom. The number of rotatable bonds is 4. The van der Waals surface area contributed by atoms with Crippen LogP contribution in [-0.4, -0.2) is 24.7 Å². The molecule has 6 nitrogen and oxygen atoms in total. The van der Waals surface area contributed by atoms with Crippen molar-refractivity contribution in [1.29, 1.82) is 0 Å². The Morgan fingerprint density at radius 2 is 1.79 bits per heavy atom. The highest BCUT2D eigenvalue weighted by Gasteiger charge is 2.13. The summed E-state index contributed by atoms with van der Waals surface area (Å²) >= 11 is 0. The van der Waals surface area contributed by atoms with Crippen LogP contribution in [0.2, 0.25) is 0 Å². The number of hydrogen-bond donors (Lipinski definition) is 1. The third-order valence-electron chi connectivity index (χ3n) is 3.85. The largest absolute Gasteiger partial charge is 0.361 e. The first-order valence-electron chi connectivity index (χ1n) is 7.74. The number of fused-ring (bicyclic) bond motifs is 1. The quantitative estimate of drug-likeness (QED) is 0.625. The molecule has 1 atom stereocenters. The number of para-hydroxylation sites is 1. The van der Waals surface area contributed by atoms with Crippen molar-refractivity contribution in [3.8, 4) is 5.69 Å². The molecule has 4 rings (SSSR count). The van der Waals surface area contributed by atoms with Gasteiger partial charge in [0, 0.05) is 6.20 Å². The van der Waals surface area contributed by atoms with Gasteiger partial charge in [-0.25, -0.2) is 14.6 Å². The lowest BCUT2D eigenvalue weighted by Crippen LogP contribution is -2.10. The summed E-state index contributed by atoms with van der Waals surface area (Å²) < 4.78 is 1.81. The maximum Gasteiger partial charge on any atom is 0.168 e. The third kappa shape index (κ3) is 2.58. The predicted molar refractivity (Wildman–Crippen MR) is 92.9 cm³/mol. The van der Waals surface area contributed by atoms with Crippen LogP contribution in [0.15, 0.2) is 67.3 Å². The highest BCUT2D eigenvalue weighted by Crippen LogP contribution is 2.24. The maximum absolute atomic E-state index is 4.46. The van der Waals surface area contributed by atoms with Crippen LogP contribution < -0.4 is 5.32 Å². The molecule has 0 unspecified atom stereocenters. The van der Waals surface area contributed by atoms with Crippen molar-refractivity contribution in [2.75, 3.05) is 5.32 Å². The second-order valence-electron chi connectivity index (χ2n) is 5.47. The molecule has 3 aromatic heterocycles. The van der Waals surface area contributed by atoms with Crippen LogP contribution >= 0.6 is 0 Å². The van der Waals surface area contributed by atoms with Crippen molar-refractivity contribution in [3.63, 3.8) is 0 Å². The number of benzene rings is 1. The lowest BCUT2D eigenvalue weighted by Gasteiger charge is -2.14. The van der Waals surface area contributed by atoms with E-state index in [1.165, 1.54) is 0 Å². The topological polar surface area (TPSA) is 68.5 Å². The summed E-state index contributed by atoms with van der Waals surface area (Å²) in [5.41, 5.74) is 2.70. The number of pyridine rings is 1. The van der Waals surface area contributed by atoms with Gasteiger partial charge in [0.1, 0.15) is 12.1 Å². The SMILES string of the molecule is C[C@H](Nc1ncnc2c1cnn2-c1ccccc1)c1ccccn1. The summed E-state index contributed by atoms with van der Waals surface area (Å²) in [7, 11) is 0. The zero-order valence-electron chi connectivity index (χ0n) is 13.2. The van der Waals surface area contributed by atoms with Gasteiger partial charge < -0.3 is 5.32 Å². The molecule has 0 fully saturated rings. The van der Waals surface area contributed by atoms with Crippen LogP contribution in [0.4, 0.5) is 5.82 Å². The molecule has 0 aliphatic heterocycles. The zero-order valence-corrected chi connectivity index (χ0v) is 13.2. The molecule has 24 heavy (non-hydrogen) atoms. The molecule has 0 saturated carbocycles. The maximum atomic E-state index is 4.46. The van der Waals surface area contributed by atoms with Crippen LogP contribution in [0.5, 0.6) is 0 Å². The summed E-state index contributed by atoms with van der Waals surface area (Å²) in [6.07, 6.45) is 5.13. The minimum atomic E-state index is 0.0318. The molecule has 118 valence electrons. The van der Waals surface area contributed by atoms with Gasteiger partial charge in [0.2, 0.25) is 0 Å². The summed E-state index contributed by atoms with van der Waals surface area (Å²) in [5, 5.41) is 8.74. The molecule has 1 N–H and O–H groups in total. The fraction of sp³-hybridized carbons (Fsp3) is 0.111. The average molecular weight is 316 g/mol. The summed E-state index contributed by atoms with van der Waals surface area (Å²) in [4.78, 5) is 13.1. The van der Waals surface area contributed by atoms with Crippen molar-refractivity contribution < 1.29 is 0 Å². The van der Waals surface area contributed by atoms with Crippen molar-refractivity contribution in [2.45, 2.75) is 13.0 Å². The summed E-state index contributed by atoms with van der Waals surface area (Å²) in [6.45, 7) is 2.05. The minimum Gasteiger partial charge on any atom is -0.361 e. The van der Waals surface area contributed by atoms with Crippen molar-refractivity contribution >= 4 is 16.9 Å². The smallest absolute Gasteiger partial charge is 0.168 e. The molecule has 0 aliphatic rings. The highest BCUT2D eigenvalue weighted by atomic mass is 15.3. The summed E-state index contributed by atoms with van der Waals surface area (Å²) in [5.74, 6) is 0.750. The van der Waals surface area contributed by atoms with Gasteiger partial charge in [-0.2, -0.15) is 5.10 Å². The van der Waals surface area contributed by atoms with E-state index in [1.807, 2.05) is 53.2 Å². The first-order valence-corrected chi connectivity index (χ1v) is 7.74. The van der Waals surface area contributed by atoms with E-state index in [1.54, 1.807) is 18.7 Å². The molecule has 0 radical (unpaired) electrons. The first-order chi connectivity index (χ1) is 11.8. The van der Waals surface area contributed by atoms with E-state index in [0.29, 0.717) is 0 Å². The van der Waals surface area contributed by atoms with Gasteiger partial charge in [-0.15, -0.1) is 0 Å². The Hall–Kier alpha value is -3.28. The second kappa shape index (κ2) is 6.08. The molecule has 0 bridgehead atoms. The fourth-order valence-corrected chi connectivity index (χ4v) is 2.63. The Labute approximate surface area is 139 Å². The Kier molecular flexibility index (Phi) is 3.63. The van der Waals surface area contributed by atoms with E-state index in [9.17, 15) is 0 Å². The molecule has 6 heteroatoms. The number of nitrogens with one attached hydrogen (secondary N) is 1. The van der Waals surface area contributed by atoms with Gasteiger partial charge in [-0.3, -0.25) is 4.98 Å². The van der Waals surface area contributed by atoms with Gasteiger partial charge in [0.15, 0.2) is 5.65 Å². The van der Waals surface area contributed by atoms with Crippen LogP contribution in [0.3, 0.4) is 0 Å². The Morgan fingerprint density at radius 3 is 2.58 bits per heavy atom. The second-order valence-corrected chi connectivity index (χ2v) is 5.47. The lowest BCUT2D eigenvalue weighted by atomic mass is 10.2. The third-order valence-corrected chi connectivity index (χ3v) is 3.85. The Bertz CT molecular complexity index is 949. The lowest BCUT2D eigenvalue weighted by molar-refractivity contribution is 0.832. The minimum absolute atomic E-state index is 0.0318. The molecule has 0 spiro atoms. The number of anilines is 1. The van der Waals surface area contributed by atoms with Crippen LogP contribution in [0.25, 0.3) is 16.7 Å². The van der Waals surface area contributed by atoms with Gasteiger partial charge in [-0.1, -0.05) is 24.3 Å². The molecule has 1 aromatic carbocycles. The molecule has 0 amide bonds. The normalized spacial score (nSPS) is 12.2. The monoisotopic (exact) mass is 316 g/mol. The zero-order chi connectivity index (χ0) is 16.4. The van der Waals surface area contributed by atoms with Gasteiger partial charge in [0.25, 0.3) is 0 Å². The van der Waals surface area contributed by atoms with E-state index >= 15 is 0 Å². The van der Waals surface area contributed by atoms with E-state index < -0.39 is 0 Å². The van der Waals surface area contributed by atoms with Gasteiger partial charge in [0.05, 0.1) is 29.0 Å². The molecule has 4 aromatic rings. The molecular weight excluding hydrogens is 300 g/mol. The average Bonchev–Trinajstić information content (AvgIpc) is 3.08.